The van der Waals surface area contributed by atoms with Gasteiger partial charge in [-0.25, -0.2) is 0 Å². The highest BCUT2D eigenvalue weighted by Gasteiger charge is 2.14. The van der Waals surface area contributed by atoms with Gasteiger partial charge in [0.05, 0.1) is 4.92 Å². The summed E-state index contributed by atoms with van der Waals surface area (Å²) in [6.07, 6.45) is 1.50. The average Bonchev–Trinajstić information content (AvgIpc) is 2.78. The minimum Gasteiger partial charge on any atom is -0.342 e. The molecule has 1 N–H and O–H groups in total. The lowest BCUT2D eigenvalue weighted by atomic mass is 10.2. The van der Waals surface area contributed by atoms with E-state index in [4.69, 9.17) is 0 Å². The summed E-state index contributed by atoms with van der Waals surface area (Å²) in [5.41, 5.74) is 2.04. The van der Waals surface area contributed by atoms with Crippen molar-refractivity contribution in [3.05, 3.63) is 112 Å². The van der Waals surface area contributed by atoms with Crippen LogP contribution < -0.4 is 10.2 Å². The van der Waals surface area contributed by atoms with E-state index in [9.17, 15) is 20.2 Å². The Morgan fingerprint density at radius 2 is 1.60 bits per heavy atom. The molecule has 3 aromatic carbocycles. The molecule has 30 heavy (non-hydrogen) atoms. The largest absolute Gasteiger partial charge is 0.342 e. The van der Waals surface area contributed by atoms with E-state index in [1.807, 2.05) is 71.6 Å². The van der Waals surface area contributed by atoms with Gasteiger partial charge in [-0.15, -0.1) is 0 Å². The van der Waals surface area contributed by atoms with Gasteiger partial charge in [0.25, 0.3) is 11.6 Å². The van der Waals surface area contributed by atoms with Gasteiger partial charge in [0.15, 0.2) is 0 Å². The molecular weight excluding hydrogens is 380 g/mol. The Morgan fingerprint density at radius 1 is 1.00 bits per heavy atom. The number of carbonyl (C=O) groups is 1. The van der Waals surface area contributed by atoms with E-state index in [0.29, 0.717) is 12.2 Å². The van der Waals surface area contributed by atoms with Crippen LogP contribution in [0, 0.1) is 21.4 Å². The normalized spacial score (nSPS) is 10.7. The molecule has 0 heterocycles. The molecule has 0 saturated carbocycles. The number of amides is 1. The number of nitrogens with one attached hydrogen (secondary N) is 1. The van der Waals surface area contributed by atoms with E-state index in [1.54, 1.807) is 0 Å². The third kappa shape index (κ3) is 5.30. The van der Waals surface area contributed by atoms with Gasteiger partial charge >= 0.3 is 0 Å². The number of nitrogens with zero attached hydrogens (tertiary/aromatic N) is 3. The molecule has 0 aromatic heterocycles. The number of nitro groups is 1. The van der Waals surface area contributed by atoms with Gasteiger partial charge in [-0.2, -0.15) is 5.26 Å². The summed E-state index contributed by atoms with van der Waals surface area (Å²) < 4.78 is 0. The first-order chi connectivity index (χ1) is 14.6. The summed E-state index contributed by atoms with van der Waals surface area (Å²) in [5.74, 6) is -0.597. The van der Waals surface area contributed by atoms with Crippen LogP contribution in [0.3, 0.4) is 0 Å². The topological polar surface area (TPSA) is 99.3 Å². The second-order valence-corrected chi connectivity index (χ2v) is 6.36. The van der Waals surface area contributed by atoms with Gasteiger partial charge in [-0.05, 0) is 29.8 Å². The molecule has 7 heteroatoms. The molecule has 0 fully saturated rings. The number of para-hydroxylation sites is 1. The van der Waals surface area contributed by atoms with E-state index in [2.05, 4.69) is 5.32 Å². The highest BCUT2D eigenvalue weighted by molar-refractivity contribution is 6.06. The minimum atomic E-state index is -0.597. The standard InChI is InChI=1S/C23H18N4O3/c24-15-19(23(28)25-20-11-13-22(14-12-20)27(29)30)17-26(21-9-5-2-6-10-21)16-18-7-3-1-4-8-18/h1-14,17H,16H2,(H,25,28)/b19-17-. The predicted octanol–water partition coefficient (Wildman–Crippen LogP) is 4.65. The van der Waals surface area contributed by atoms with Crippen molar-refractivity contribution in [3.8, 4) is 6.07 Å². The molecule has 0 spiro atoms. The van der Waals surface area contributed by atoms with Gasteiger partial charge in [0, 0.05) is 36.3 Å². The number of carbonyl (C=O) groups excluding carboxylic acids is 1. The number of nitro benzene ring substituents is 1. The van der Waals surface area contributed by atoms with Crippen LogP contribution in [0.15, 0.2) is 96.7 Å². The number of anilines is 2. The molecular formula is C23H18N4O3. The third-order valence-corrected chi connectivity index (χ3v) is 4.27. The average molecular weight is 398 g/mol. The molecule has 0 aliphatic heterocycles. The fourth-order valence-corrected chi connectivity index (χ4v) is 2.77. The highest BCUT2D eigenvalue weighted by Crippen LogP contribution is 2.20. The number of hydrogen-bond donors (Lipinski definition) is 1. The monoisotopic (exact) mass is 398 g/mol. The lowest BCUT2D eigenvalue weighted by molar-refractivity contribution is -0.384. The van der Waals surface area contributed by atoms with Crippen LogP contribution >= 0.6 is 0 Å². The van der Waals surface area contributed by atoms with Crippen LogP contribution in [0.5, 0.6) is 0 Å². The van der Waals surface area contributed by atoms with Gasteiger partial charge in [-0.1, -0.05) is 48.5 Å². The van der Waals surface area contributed by atoms with Gasteiger partial charge < -0.3 is 10.2 Å². The van der Waals surface area contributed by atoms with Gasteiger partial charge in [0.2, 0.25) is 0 Å². The Labute approximate surface area is 173 Å². The first kappa shape index (κ1) is 20.3. The molecule has 0 aliphatic rings. The summed E-state index contributed by atoms with van der Waals surface area (Å²) >= 11 is 0. The summed E-state index contributed by atoms with van der Waals surface area (Å²) in [7, 11) is 0. The summed E-state index contributed by atoms with van der Waals surface area (Å²) in [5, 5.41) is 22.9. The van der Waals surface area contributed by atoms with Crippen LogP contribution in [-0.2, 0) is 11.3 Å². The summed E-state index contributed by atoms with van der Waals surface area (Å²) in [6.45, 7) is 0.473. The zero-order valence-electron chi connectivity index (χ0n) is 15.9. The van der Waals surface area contributed by atoms with Crippen molar-refractivity contribution in [2.75, 3.05) is 10.2 Å². The molecule has 0 radical (unpaired) electrons. The van der Waals surface area contributed by atoms with Crippen LogP contribution in [0.25, 0.3) is 0 Å². The van der Waals surface area contributed by atoms with E-state index >= 15 is 0 Å². The molecule has 0 aliphatic carbocycles. The van der Waals surface area contributed by atoms with E-state index in [-0.39, 0.29) is 11.3 Å². The fourth-order valence-electron chi connectivity index (χ4n) is 2.77. The zero-order chi connectivity index (χ0) is 21.3. The smallest absolute Gasteiger partial charge is 0.269 e. The number of rotatable bonds is 7. The van der Waals surface area contributed by atoms with Crippen LogP contribution in [0.2, 0.25) is 0 Å². The lowest BCUT2D eigenvalue weighted by Gasteiger charge is -2.21. The molecule has 1 amide bonds. The Bertz CT molecular complexity index is 1090. The minimum absolute atomic E-state index is 0.0813. The van der Waals surface area contributed by atoms with E-state index < -0.39 is 10.8 Å². The van der Waals surface area contributed by atoms with Crippen molar-refractivity contribution in [1.82, 2.24) is 0 Å². The Morgan fingerprint density at radius 3 is 2.17 bits per heavy atom. The Balaban J connectivity index is 1.84. The SMILES string of the molecule is N#C/C(=C/N(Cc1ccccc1)c1ccccc1)C(=O)Nc1ccc([N+](=O)[O-])cc1. The first-order valence-corrected chi connectivity index (χ1v) is 9.10. The third-order valence-electron chi connectivity index (χ3n) is 4.27. The molecule has 0 unspecified atom stereocenters. The van der Waals surface area contributed by atoms with Gasteiger partial charge in [-0.3, -0.25) is 14.9 Å². The van der Waals surface area contributed by atoms with Crippen LogP contribution in [0.4, 0.5) is 17.1 Å². The summed E-state index contributed by atoms with van der Waals surface area (Å²) in [6, 6.07) is 26.5. The molecule has 0 atom stereocenters. The van der Waals surface area contributed by atoms with Crippen LogP contribution in [-0.4, -0.2) is 10.8 Å². The van der Waals surface area contributed by atoms with Crippen molar-refractivity contribution < 1.29 is 9.72 Å². The maximum absolute atomic E-state index is 12.6. The number of non-ortho nitro benzene ring substituents is 1. The predicted molar refractivity (Wildman–Crippen MR) is 114 cm³/mol. The quantitative estimate of drug-likeness (QED) is 0.270. The molecule has 0 saturated heterocycles. The highest BCUT2D eigenvalue weighted by atomic mass is 16.6. The maximum Gasteiger partial charge on any atom is 0.269 e. The lowest BCUT2D eigenvalue weighted by Crippen LogP contribution is -2.20. The Hall–Kier alpha value is -4.44. The Kier molecular flexibility index (Phi) is 6.54. The molecule has 3 rings (SSSR count). The van der Waals surface area contributed by atoms with Crippen LogP contribution in [0.1, 0.15) is 5.56 Å². The zero-order valence-corrected chi connectivity index (χ0v) is 15.9. The maximum atomic E-state index is 12.6. The van der Waals surface area contributed by atoms with Crippen molar-refractivity contribution in [3.63, 3.8) is 0 Å². The molecule has 7 nitrogen and oxygen atoms in total. The van der Waals surface area contributed by atoms with Gasteiger partial charge in [0.1, 0.15) is 11.6 Å². The molecule has 3 aromatic rings. The second kappa shape index (κ2) is 9.66. The van der Waals surface area contributed by atoms with Crippen molar-refractivity contribution in [2.45, 2.75) is 6.54 Å². The number of nitriles is 1. The second-order valence-electron chi connectivity index (χ2n) is 6.36. The number of benzene rings is 3. The number of hydrogen-bond acceptors (Lipinski definition) is 5. The summed E-state index contributed by atoms with van der Waals surface area (Å²) in [4.78, 5) is 24.7. The van der Waals surface area contributed by atoms with Crippen molar-refractivity contribution in [1.29, 1.82) is 5.26 Å². The molecule has 0 bridgehead atoms. The van der Waals surface area contributed by atoms with E-state index in [0.717, 1.165) is 11.3 Å². The molecule has 148 valence electrons. The van der Waals surface area contributed by atoms with Crippen molar-refractivity contribution in [2.24, 2.45) is 0 Å². The van der Waals surface area contributed by atoms with E-state index in [1.165, 1.54) is 30.5 Å². The first-order valence-electron chi connectivity index (χ1n) is 9.10. The van der Waals surface area contributed by atoms with Crippen molar-refractivity contribution >= 4 is 23.0 Å². The fraction of sp³-hybridized carbons (Fsp3) is 0.0435.